The van der Waals surface area contributed by atoms with E-state index >= 15 is 0 Å². The summed E-state index contributed by atoms with van der Waals surface area (Å²) in [6.07, 6.45) is 6.70. The zero-order chi connectivity index (χ0) is 15.4. The molecule has 0 aliphatic carbocycles. The summed E-state index contributed by atoms with van der Waals surface area (Å²) in [5, 5.41) is 3.45. The molecular formula is C19H29ClN2O. The second-order valence-corrected chi connectivity index (χ2v) is 6.88. The van der Waals surface area contributed by atoms with Gasteiger partial charge in [0.1, 0.15) is 0 Å². The second kappa shape index (κ2) is 8.70. The van der Waals surface area contributed by atoms with Crippen LogP contribution in [0.2, 0.25) is 0 Å². The van der Waals surface area contributed by atoms with E-state index in [1.54, 1.807) is 0 Å². The Hall–Kier alpha value is -1.06. The summed E-state index contributed by atoms with van der Waals surface area (Å²) in [5.41, 5.74) is 1.31. The molecule has 4 heteroatoms. The monoisotopic (exact) mass is 336 g/mol. The molecule has 128 valence electrons. The van der Waals surface area contributed by atoms with Gasteiger partial charge >= 0.3 is 0 Å². The molecule has 3 atom stereocenters. The third-order valence-corrected chi connectivity index (χ3v) is 5.19. The van der Waals surface area contributed by atoms with E-state index in [4.69, 9.17) is 0 Å². The molecule has 0 saturated carbocycles. The highest BCUT2D eigenvalue weighted by Crippen LogP contribution is 2.32. The Morgan fingerprint density at radius 3 is 2.65 bits per heavy atom. The topological polar surface area (TPSA) is 32.3 Å². The van der Waals surface area contributed by atoms with Crippen LogP contribution in [0.25, 0.3) is 0 Å². The summed E-state index contributed by atoms with van der Waals surface area (Å²) in [7, 11) is 0. The number of piperidine rings is 1. The van der Waals surface area contributed by atoms with Crippen LogP contribution >= 0.6 is 12.4 Å². The van der Waals surface area contributed by atoms with Crippen molar-refractivity contribution in [3.05, 3.63) is 35.9 Å². The average Bonchev–Trinajstić information content (AvgIpc) is 2.81. The summed E-state index contributed by atoms with van der Waals surface area (Å²) >= 11 is 0. The van der Waals surface area contributed by atoms with Gasteiger partial charge < -0.3 is 10.2 Å². The first-order valence-electron chi connectivity index (χ1n) is 8.84. The number of rotatable bonds is 2. The first kappa shape index (κ1) is 18.3. The van der Waals surface area contributed by atoms with Crippen molar-refractivity contribution in [1.29, 1.82) is 0 Å². The van der Waals surface area contributed by atoms with Crippen LogP contribution in [0.5, 0.6) is 0 Å². The normalized spacial score (nSPS) is 28.6. The van der Waals surface area contributed by atoms with E-state index in [2.05, 4.69) is 47.5 Å². The number of nitrogens with zero attached hydrogens (tertiary/aromatic N) is 1. The van der Waals surface area contributed by atoms with Gasteiger partial charge in [0.25, 0.3) is 0 Å². The summed E-state index contributed by atoms with van der Waals surface area (Å²) in [6, 6.07) is 11.3. The molecule has 2 aliphatic heterocycles. The Balaban J connectivity index is 0.00000192. The van der Waals surface area contributed by atoms with Gasteiger partial charge in [0, 0.05) is 18.5 Å². The zero-order valence-corrected chi connectivity index (χ0v) is 14.9. The maximum absolute atomic E-state index is 13.1. The van der Waals surface area contributed by atoms with Crippen molar-refractivity contribution in [1.82, 2.24) is 10.2 Å². The fourth-order valence-corrected chi connectivity index (χ4v) is 3.98. The van der Waals surface area contributed by atoms with Crippen molar-refractivity contribution in [3.63, 3.8) is 0 Å². The quantitative estimate of drug-likeness (QED) is 0.887. The number of nitrogens with one attached hydrogen (secondary N) is 1. The number of carbonyl (C=O) groups excluding carboxylic acids is 1. The van der Waals surface area contributed by atoms with Crippen LogP contribution in [-0.2, 0) is 4.79 Å². The maximum atomic E-state index is 13.1. The van der Waals surface area contributed by atoms with Crippen molar-refractivity contribution in [2.75, 3.05) is 13.1 Å². The van der Waals surface area contributed by atoms with Crippen molar-refractivity contribution in [2.45, 2.75) is 57.5 Å². The minimum Gasteiger partial charge on any atom is -0.335 e. The van der Waals surface area contributed by atoms with Crippen LogP contribution in [-0.4, -0.2) is 29.9 Å². The van der Waals surface area contributed by atoms with Crippen LogP contribution in [0.3, 0.4) is 0 Å². The molecule has 1 aromatic rings. The van der Waals surface area contributed by atoms with Crippen molar-refractivity contribution >= 4 is 18.3 Å². The molecule has 2 heterocycles. The van der Waals surface area contributed by atoms with Crippen LogP contribution in [0, 0.1) is 5.92 Å². The Morgan fingerprint density at radius 2 is 1.91 bits per heavy atom. The first-order valence-corrected chi connectivity index (χ1v) is 8.84. The number of hydrogen-bond donors (Lipinski definition) is 1. The van der Waals surface area contributed by atoms with Gasteiger partial charge in [-0.1, -0.05) is 43.2 Å². The molecule has 0 spiro atoms. The van der Waals surface area contributed by atoms with E-state index in [-0.39, 0.29) is 24.4 Å². The van der Waals surface area contributed by atoms with Crippen LogP contribution in [0.1, 0.15) is 57.1 Å². The molecule has 0 radical (unpaired) electrons. The SMILES string of the molecule is C[C@H]1C[C@@H](C(=O)N2CCCCCC2c2ccccc2)CCN1.Cl. The molecule has 3 rings (SSSR count). The lowest BCUT2D eigenvalue weighted by molar-refractivity contribution is -0.139. The summed E-state index contributed by atoms with van der Waals surface area (Å²) < 4.78 is 0. The molecule has 1 N–H and O–H groups in total. The highest BCUT2D eigenvalue weighted by molar-refractivity contribution is 5.85. The molecular weight excluding hydrogens is 308 g/mol. The lowest BCUT2D eigenvalue weighted by atomic mass is 9.90. The largest absolute Gasteiger partial charge is 0.335 e. The minimum atomic E-state index is 0. The van der Waals surface area contributed by atoms with Crippen LogP contribution < -0.4 is 5.32 Å². The van der Waals surface area contributed by atoms with E-state index < -0.39 is 0 Å². The number of halogens is 1. The third kappa shape index (κ3) is 4.48. The number of amides is 1. The predicted octanol–water partition coefficient (Wildman–Crippen LogP) is 3.94. The lowest BCUT2D eigenvalue weighted by Crippen LogP contribution is -2.45. The number of likely N-dealkylation sites (tertiary alicyclic amines) is 1. The van der Waals surface area contributed by atoms with E-state index in [9.17, 15) is 4.79 Å². The Bertz CT molecular complexity index is 493. The van der Waals surface area contributed by atoms with Gasteiger partial charge in [-0.3, -0.25) is 4.79 Å². The highest BCUT2D eigenvalue weighted by Gasteiger charge is 2.33. The molecule has 2 aliphatic rings. The smallest absolute Gasteiger partial charge is 0.226 e. The van der Waals surface area contributed by atoms with Gasteiger partial charge in [-0.05, 0) is 44.7 Å². The third-order valence-electron chi connectivity index (χ3n) is 5.19. The number of carbonyl (C=O) groups is 1. The summed E-state index contributed by atoms with van der Waals surface area (Å²) in [4.78, 5) is 15.3. The van der Waals surface area contributed by atoms with Gasteiger partial charge in [-0.25, -0.2) is 0 Å². The molecule has 2 saturated heterocycles. The Morgan fingerprint density at radius 1 is 1.13 bits per heavy atom. The van der Waals surface area contributed by atoms with Crippen molar-refractivity contribution in [2.24, 2.45) is 5.92 Å². The Kier molecular flexibility index (Phi) is 6.91. The van der Waals surface area contributed by atoms with E-state index in [1.807, 2.05) is 0 Å². The zero-order valence-electron chi connectivity index (χ0n) is 14.0. The second-order valence-electron chi connectivity index (χ2n) is 6.88. The van der Waals surface area contributed by atoms with Crippen molar-refractivity contribution < 1.29 is 4.79 Å². The standard InChI is InChI=1S/C19H28N2O.ClH/c1-15-14-17(11-12-20-15)19(22)21-13-7-3-6-10-18(21)16-8-4-2-5-9-16;/h2,4-5,8-9,15,17-18,20H,3,6-7,10-14H2,1H3;1H/t15-,17-,18?;/m0./s1. The maximum Gasteiger partial charge on any atom is 0.226 e. The van der Waals surface area contributed by atoms with Gasteiger partial charge in [0.15, 0.2) is 0 Å². The molecule has 1 unspecified atom stereocenters. The fourth-order valence-electron chi connectivity index (χ4n) is 3.98. The fraction of sp³-hybridized carbons (Fsp3) is 0.632. The summed E-state index contributed by atoms with van der Waals surface area (Å²) in [5.74, 6) is 0.602. The number of hydrogen-bond acceptors (Lipinski definition) is 2. The molecule has 23 heavy (non-hydrogen) atoms. The van der Waals surface area contributed by atoms with Gasteiger partial charge in [0.05, 0.1) is 6.04 Å². The first-order chi connectivity index (χ1) is 10.8. The van der Waals surface area contributed by atoms with E-state index in [1.165, 1.54) is 18.4 Å². The predicted molar refractivity (Wildman–Crippen MR) is 96.8 cm³/mol. The van der Waals surface area contributed by atoms with Crippen LogP contribution in [0.4, 0.5) is 0 Å². The minimum absolute atomic E-state index is 0. The average molecular weight is 337 g/mol. The molecule has 1 amide bonds. The van der Waals surface area contributed by atoms with Gasteiger partial charge in [0.2, 0.25) is 5.91 Å². The molecule has 0 bridgehead atoms. The summed E-state index contributed by atoms with van der Waals surface area (Å²) in [6.45, 7) is 4.09. The van der Waals surface area contributed by atoms with Crippen LogP contribution in [0.15, 0.2) is 30.3 Å². The molecule has 3 nitrogen and oxygen atoms in total. The Labute approximate surface area is 146 Å². The van der Waals surface area contributed by atoms with Gasteiger partial charge in [-0.15, -0.1) is 12.4 Å². The lowest BCUT2D eigenvalue weighted by Gasteiger charge is -2.36. The molecule has 1 aromatic carbocycles. The van der Waals surface area contributed by atoms with Gasteiger partial charge in [-0.2, -0.15) is 0 Å². The molecule has 2 fully saturated rings. The van der Waals surface area contributed by atoms with E-state index in [0.717, 1.165) is 38.8 Å². The highest BCUT2D eigenvalue weighted by atomic mass is 35.5. The number of benzene rings is 1. The van der Waals surface area contributed by atoms with E-state index in [0.29, 0.717) is 11.9 Å². The molecule has 0 aromatic heterocycles. The van der Waals surface area contributed by atoms with Crippen molar-refractivity contribution in [3.8, 4) is 0 Å².